The second kappa shape index (κ2) is 9.62. The molecule has 2 aromatic carbocycles. The summed E-state index contributed by atoms with van der Waals surface area (Å²) in [5.74, 6) is -0.870. The Labute approximate surface area is 188 Å². The number of phenols is 1. The molecule has 0 aliphatic rings. The number of rotatable bonds is 9. The first-order valence-electron chi connectivity index (χ1n) is 9.24. The van der Waals surface area contributed by atoms with Crippen molar-refractivity contribution in [3.8, 4) is 5.75 Å². The van der Waals surface area contributed by atoms with Crippen molar-refractivity contribution < 1.29 is 23.2 Å². The van der Waals surface area contributed by atoms with E-state index >= 15 is 0 Å². The quantitative estimate of drug-likeness (QED) is 0.275. The number of benzene rings is 2. The van der Waals surface area contributed by atoms with Gasteiger partial charge in [0.05, 0.1) is 16.4 Å². The average Bonchev–Trinajstić information content (AvgIpc) is 3.26. The predicted molar refractivity (Wildman–Crippen MR) is 121 cm³/mol. The summed E-state index contributed by atoms with van der Waals surface area (Å²) in [6.07, 6.45) is 1.63. The average molecular weight is 474 g/mol. The van der Waals surface area contributed by atoms with E-state index < -0.39 is 26.4 Å². The van der Waals surface area contributed by atoms with Crippen molar-refractivity contribution >= 4 is 38.6 Å². The zero-order valence-electron chi connectivity index (χ0n) is 16.7. The number of thiophene rings is 1. The Balaban J connectivity index is 1.77. The highest BCUT2D eigenvalue weighted by molar-refractivity contribution is 7.92. The Morgan fingerprint density at radius 2 is 1.94 bits per heavy atom. The molecule has 0 atom stereocenters. The number of aromatic hydroxyl groups is 1. The van der Waals surface area contributed by atoms with Crippen LogP contribution in [0, 0.1) is 10.1 Å². The fourth-order valence-electron chi connectivity index (χ4n) is 2.86. The van der Waals surface area contributed by atoms with Crippen molar-refractivity contribution in [2.75, 3.05) is 11.3 Å². The molecular weight excluding hydrogens is 454 g/mol. The standard InChI is InChI=1S/C21H19N3O6S2/c1-2-11-23(14-17-4-3-12-31-17)21(26)15-5-7-16(8-6-15)22-32(29,30)18-9-10-20(25)19(13-18)24(27)28/h2-10,12-13,22,25H,1,11,14H2. The van der Waals surface area contributed by atoms with Gasteiger partial charge in [-0.15, -0.1) is 17.9 Å². The number of phenolic OH excluding ortho intramolecular Hbond substituents is 1. The van der Waals surface area contributed by atoms with Crippen LogP contribution in [0.5, 0.6) is 5.75 Å². The molecule has 11 heteroatoms. The van der Waals surface area contributed by atoms with Crippen LogP contribution in [0.4, 0.5) is 11.4 Å². The zero-order valence-corrected chi connectivity index (χ0v) is 18.3. The highest BCUT2D eigenvalue weighted by Gasteiger charge is 2.22. The van der Waals surface area contributed by atoms with Crippen molar-refractivity contribution in [2.24, 2.45) is 0 Å². The molecule has 0 fully saturated rings. The van der Waals surface area contributed by atoms with Crippen LogP contribution in [-0.4, -0.2) is 35.8 Å². The van der Waals surface area contributed by atoms with E-state index in [1.165, 1.54) is 35.6 Å². The lowest BCUT2D eigenvalue weighted by Gasteiger charge is -2.20. The van der Waals surface area contributed by atoms with Crippen molar-refractivity contribution in [3.05, 3.63) is 93.2 Å². The minimum absolute atomic E-state index is 0.172. The summed E-state index contributed by atoms with van der Waals surface area (Å²) in [4.78, 5) is 25.2. The van der Waals surface area contributed by atoms with Crippen LogP contribution in [0.2, 0.25) is 0 Å². The number of sulfonamides is 1. The van der Waals surface area contributed by atoms with Gasteiger partial charge in [-0.2, -0.15) is 0 Å². The molecule has 0 aliphatic carbocycles. The Morgan fingerprint density at radius 3 is 2.53 bits per heavy atom. The van der Waals surface area contributed by atoms with Gasteiger partial charge in [-0.05, 0) is 47.8 Å². The lowest BCUT2D eigenvalue weighted by Crippen LogP contribution is -2.30. The monoisotopic (exact) mass is 473 g/mol. The number of hydrogen-bond donors (Lipinski definition) is 2. The summed E-state index contributed by atoms with van der Waals surface area (Å²) in [7, 11) is -4.15. The lowest BCUT2D eigenvalue weighted by atomic mass is 10.2. The fourth-order valence-corrected chi connectivity index (χ4v) is 4.66. The minimum Gasteiger partial charge on any atom is -0.502 e. The molecule has 3 rings (SSSR count). The maximum atomic E-state index is 12.9. The molecule has 0 aliphatic heterocycles. The number of hydrogen-bond acceptors (Lipinski definition) is 7. The van der Waals surface area contributed by atoms with Crippen LogP contribution in [0.1, 0.15) is 15.2 Å². The third-order valence-corrected chi connectivity index (χ3v) is 6.64. The van der Waals surface area contributed by atoms with Gasteiger partial charge in [-0.1, -0.05) is 12.1 Å². The van der Waals surface area contributed by atoms with E-state index in [4.69, 9.17) is 0 Å². The van der Waals surface area contributed by atoms with Crippen molar-refractivity contribution in [2.45, 2.75) is 11.4 Å². The lowest BCUT2D eigenvalue weighted by molar-refractivity contribution is -0.386. The van der Waals surface area contributed by atoms with Gasteiger partial charge in [0, 0.05) is 28.7 Å². The molecule has 0 radical (unpaired) electrons. The van der Waals surface area contributed by atoms with E-state index in [1.807, 2.05) is 17.5 Å². The van der Waals surface area contributed by atoms with Gasteiger partial charge in [0.2, 0.25) is 0 Å². The molecule has 1 aromatic heterocycles. The first-order valence-corrected chi connectivity index (χ1v) is 11.6. The zero-order chi connectivity index (χ0) is 23.3. The van der Waals surface area contributed by atoms with Crippen molar-refractivity contribution in [3.63, 3.8) is 0 Å². The summed E-state index contributed by atoms with van der Waals surface area (Å²) in [6.45, 7) is 4.47. The smallest absolute Gasteiger partial charge is 0.312 e. The highest BCUT2D eigenvalue weighted by Crippen LogP contribution is 2.29. The molecule has 166 valence electrons. The summed E-state index contributed by atoms with van der Waals surface area (Å²) >= 11 is 1.54. The Hall–Kier alpha value is -3.70. The summed E-state index contributed by atoms with van der Waals surface area (Å²) in [5, 5.41) is 22.4. The van der Waals surface area contributed by atoms with Gasteiger partial charge in [0.1, 0.15) is 0 Å². The number of nitrogens with one attached hydrogen (secondary N) is 1. The fraction of sp³-hybridized carbons (Fsp3) is 0.0952. The predicted octanol–water partition coefficient (Wildman–Crippen LogP) is 3.99. The maximum Gasteiger partial charge on any atom is 0.312 e. The third kappa shape index (κ3) is 5.31. The van der Waals surface area contributed by atoms with E-state index in [9.17, 15) is 28.4 Å². The summed E-state index contributed by atoms with van der Waals surface area (Å²) < 4.78 is 27.5. The van der Waals surface area contributed by atoms with Crippen molar-refractivity contribution in [1.29, 1.82) is 0 Å². The molecule has 0 saturated carbocycles. The normalized spacial score (nSPS) is 11.0. The summed E-state index contributed by atoms with van der Waals surface area (Å²) in [6, 6.07) is 12.4. The molecule has 0 spiro atoms. The number of nitrogens with zero attached hydrogens (tertiary/aromatic N) is 2. The molecular formula is C21H19N3O6S2. The Bertz CT molecular complexity index is 1240. The van der Waals surface area contributed by atoms with Gasteiger partial charge >= 0.3 is 5.69 Å². The number of anilines is 1. The van der Waals surface area contributed by atoms with E-state index in [2.05, 4.69) is 11.3 Å². The second-order valence-electron chi connectivity index (χ2n) is 6.64. The molecule has 1 heterocycles. The van der Waals surface area contributed by atoms with Crippen molar-refractivity contribution in [1.82, 2.24) is 4.90 Å². The van der Waals surface area contributed by atoms with Gasteiger partial charge in [0.15, 0.2) is 5.75 Å². The Morgan fingerprint density at radius 1 is 1.22 bits per heavy atom. The Kier molecular flexibility index (Phi) is 6.91. The number of nitro groups is 1. The molecule has 1 amide bonds. The van der Waals surface area contributed by atoms with Crippen LogP contribution < -0.4 is 4.72 Å². The molecule has 2 N–H and O–H groups in total. The van der Waals surface area contributed by atoms with E-state index in [-0.39, 0.29) is 16.5 Å². The minimum atomic E-state index is -4.15. The second-order valence-corrected chi connectivity index (χ2v) is 9.36. The molecule has 32 heavy (non-hydrogen) atoms. The van der Waals surface area contributed by atoms with Gasteiger partial charge < -0.3 is 10.0 Å². The molecule has 0 bridgehead atoms. The number of carbonyl (C=O) groups excluding carboxylic acids is 1. The van der Waals surface area contributed by atoms with Crippen LogP contribution in [-0.2, 0) is 16.6 Å². The number of amides is 1. The third-order valence-electron chi connectivity index (χ3n) is 4.40. The van der Waals surface area contributed by atoms with Crippen LogP contribution in [0.15, 0.2) is 77.5 Å². The summed E-state index contributed by atoms with van der Waals surface area (Å²) in [5.41, 5.74) is -0.181. The van der Waals surface area contributed by atoms with E-state index in [1.54, 1.807) is 11.0 Å². The number of nitro benzene ring substituents is 1. The molecule has 0 unspecified atom stereocenters. The topological polar surface area (TPSA) is 130 Å². The maximum absolute atomic E-state index is 12.9. The van der Waals surface area contributed by atoms with Crippen LogP contribution >= 0.6 is 11.3 Å². The molecule has 9 nitrogen and oxygen atoms in total. The molecule has 0 saturated heterocycles. The number of carbonyl (C=O) groups is 1. The van der Waals surface area contributed by atoms with Crippen LogP contribution in [0.3, 0.4) is 0 Å². The van der Waals surface area contributed by atoms with Gasteiger partial charge in [-0.25, -0.2) is 8.42 Å². The van der Waals surface area contributed by atoms with Gasteiger partial charge in [-0.3, -0.25) is 19.6 Å². The van der Waals surface area contributed by atoms with Crippen LogP contribution in [0.25, 0.3) is 0 Å². The highest BCUT2D eigenvalue weighted by atomic mass is 32.2. The SMILES string of the molecule is C=CCN(Cc1cccs1)C(=O)c1ccc(NS(=O)(=O)c2ccc(O)c([N+](=O)[O-])c2)cc1. The van der Waals surface area contributed by atoms with Gasteiger partial charge in [0.25, 0.3) is 15.9 Å². The first-order chi connectivity index (χ1) is 15.2. The first kappa shape index (κ1) is 23.0. The molecule has 3 aromatic rings. The largest absolute Gasteiger partial charge is 0.502 e. The van der Waals surface area contributed by atoms with E-state index in [0.717, 1.165) is 23.1 Å². The van der Waals surface area contributed by atoms with E-state index in [0.29, 0.717) is 18.7 Å².